The highest BCUT2D eigenvalue weighted by Gasteiger charge is 2.14. The van der Waals surface area contributed by atoms with Crippen LogP contribution < -0.4 is 0 Å². The Morgan fingerprint density at radius 1 is 1.00 bits per heavy atom. The molecule has 0 saturated heterocycles. The van der Waals surface area contributed by atoms with E-state index in [0.717, 1.165) is 22.5 Å². The molecule has 0 bridgehead atoms. The predicted octanol–water partition coefficient (Wildman–Crippen LogP) is 4.99. The van der Waals surface area contributed by atoms with E-state index in [9.17, 15) is 5.26 Å². The smallest absolute Gasteiger partial charge is 0.189 e. The molecule has 25 heavy (non-hydrogen) atoms. The van der Waals surface area contributed by atoms with E-state index in [1.807, 2.05) is 43.3 Å². The lowest BCUT2D eigenvalue weighted by Crippen LogP contribution is -2.06. The van der Waals surface area contributed by atoms with Gasteiger partial charge in [-0.3, -0.25) is 0 Å². The molecule has 1 aromatic heterocycles. The Kier molecular flexibility index (Phi) is 5.47. The molecule has 1 heterocycles. The molecule has 0 aliphatic carbocycles. The van der Waals surface area contributed by atoms with Crippen molar-refractivity contribution in [3.8, 4) is 17.3 Å². The quantitative estimate of drug-likeness (QED) is 0.483. The molecule has 3 nitrogen and oxygen atoms in total. The van der Waals surface area contributed by atoms with Crippen molar-refractivity contribution >= 4 is 11.8 Å². The van der Waals surface area contributed by atoms with Gasteiger partial charge in [-0.1, -0.05) is 71.9 Å². The van der Waals surface area contributed by atoms with Crippen LogP contribution in [-0.4, -0.2) is 15.2 Å². The second-order valence-electron chi connectivity index (χ2n) is 5.97. The van der Waals surface area contributed by atoms with Gasteiger partial charge in [0.15, 0.2) is 5.16 Å². The zero-order valence-electron chi connectivity index (χ0n) is 14.3. The van der Waals surface area contributed by atoms with Gasteiger partial charge >= 0.3 is 0 Å². The SMILES string of the molecule is Cc1ccc(C[C@@H](C#N)Sc2nc(C)cc(-c3ccccc3)n2)cc1. The van der Waals surface area contributed by atoms with Gasteiger partial charge in [0.2, 0.25) is 0 Å². The molecule has 0 N–H and O–H groups in total. The fourth-order valence-electron chi connectivity index (χ4n) is 2.53. The molecule has 0 aliphatic heterocycles. The first-order valence-electron chi connectivity index (χ1n) is 8.17. The van der Waals surface area contributed by atoms with Gasteiger partial charge in [-0.25, -0.2) is 9.97 Å². The van der Waals surface area contributed by atoms with E-state index >= 15 is 0 Å². The van der Waals surface area contributed by atoms with Crippen molar-refractivity contribution in [1.29, 1.82) is 5.26 Å². The minimum atomic E-state index is -0.215. The monoisotopic (exact) mass is 345 g/mol. The van der Waals surface area contributed by atoms with E-state index in [0.29, 0.717) is 11.6 Å². The molecule has 0 radical (unpaired) electrons. The average Bonchev–Trinajstić information content (AvgIpc) is 2.63. The maximum atomic E-state index is 9.53. The molecule has 0 aliphatic rings. The zero-order chi connectivity index (χ0) is 17.6. The Hall–Kier alpha value is -2.64. The number of rotatable bonds is 5. The summed E-state index contributed by atoms with van der Waals surface area (Å²) in [4.78, 5) is 9.15. The first-order valence-corrected chi connectivity index (χ1v) is 9.05. The van der Waals surface area contributed by atoms with Crippen molar-refractivity contribution in [2.24, 2.45) is 0 Å². The lowest BCUT2D eigenvalue weighted by Gasteiger charge is -2.10. The highest BCUT2D eigenvalue weighted by molar-refractivity contribution is 8.00. The van der Waals surface area contributed by atoms with Crippen molar-refractivity contribution in [3.63, 3.8) is 0 Å². The molecule has 1 atom stereocenters. The van der Waals surface area contributed by atoms with Crippen molar-refractivity contribution in [2.45, 2.75) is 30.7 Å². The van der Waals surface area contributed by atoms with Crippen LogP contribution >= 0.6 is 11.8 Å². The lowest BCUT2D eigenvalue weighted by molar-refractivity contribution is 0.924. The molecule has 3 aromatic rings. The van der Waals surface area contributed by atoms with Crippen LogP contribution in [0.25, 0.3) is 11.3 Å². The standard InChI is InChI=1S/C21H19N3S/c1-15-8-10-17(11-9-15)13-19(14-22)25-21-23-16(2)12-20(24-21)18-6-4-3-5-7-18/h3-12,19H,13H2,1-2H3/t19-/m0/s1. The first-order chi connectivity index (χ1) is 12.1. The molecular formula is C21H19N3S. The topological polar surface area (TPSA) is 49.6 Å². The maximum absolute atomic E-state index is 9.53. The molecule has 4 heteroatoms. The van der Waals surface area contributed by atoms with E-state index in [2.05, 4.69) is 47.2 Å². The molecule has 0 amide bonds. The third-order valence-corrected chi connectivity index (χ3v) is 4.79. The van der Waals surface area contributed by atoms with E-state index < -0.39 is 0 Å². The Bertz CT molecular complexity index is 883. The molecular weight excluding hydrogens is 326 g/mol. The van der Waals surface area contributed by atoms with E-state index in [1.54, 1.807) is 0 Å². The summed E-state index contributed by atoms with van der Waals surface area (Å²) in [6.45, 7) is 4.02. The maximum Gasteiger partial charge on any atom is 0.189 e. The number of nitrogens with zero attached hydrogens (tertiary/aromatic N) is 3. The van der Waals surface area contributed by atoms with Gasteiger partial charge in [-0.2, -0.15) is 5.26 Å². The summed E-state index contributed by atoms with van der Waals surface area (Å²) >= 11 is 1.43. The van der Waals surface area contributed by atoms with E-state index in [-0.39, 0.29) is 5.25 Å². The average molecular weight is 345 g/mol. The molecule has 3 rings (SSSR count). The number of benzene rings is 2. The summed E-state index contributed by atoms with van der Waals surface area (Å²) < 4.78 is 0. The minimum Gasteiger partial charge on any atom is -0.228 e. The number of aryl methyl sites for hydroxylation is 2. The fraction of sp³-hybridized carbons (Fsp3) is 0.190. The molecule has 2 aromatic carbocycles. The van der Waals surface area contributed by atoms with Gasteiger partial charge in [-0.05, 0) is 31.9 Å². The summed E-state index contributed by atoms with van der Waals surface area (Å²) in [5.74, 6) is 0. The summed E-state index contributed by atoms with van der Waals surface area (Å²) in [5, 5.41) is 9.97. The summed E-state index contributed by atoms with van der Waals surface area (Å²) in [7, 11) is 0. The highest BCUT2D eigenvalue weighted by Crippen LogP contribution is 2.26. The van der Waals surface area contributed by atoms with Crippen molar-refractivity contribution in [2.75, 3.05) is 0 Å². The van der Waals surface area contributed by atoms with Crippen LogP contribution in [-0.2, 0) is 6.42 Å². The molecule has 0 unspecified atom stereocenters. The molecule has 124 valence electrons. The van der Waals surface area contributed by atoms with Gasteiger partial charge in [-0.15, -0.1) is 0 Å². The van der Waals surface area contributed by atoms with E-state index in [4.69, 9.17) is 0 Å². The Labute approximate surface area is 152 Å². The van der Waals surface area contributed by atoms with Crippen molar-refractivity contribution in [3.05, 3.63) is 77.5 Å². The van der Waals surface area contributed by atoms with Crippen molar-refractivity contribution in [1.82, 2.24) is 9.97 Å². The van der Waals surface area contributed by atoms with Crippen LogP contribution in [0.4, 0.5) is 0 Å². The summed E-state index contributed by atoms with van der Waals surface area (Å²) in [6, 6.07) is 22.7. The summed E-state index contributed by atoms with van der Waals surface area (Å²) in [6.07, 6.45) is 0.680. The zero-order valence-corrected chi connectivity index (χ0v) is 15.1. The van der Waals surface area contributed by atoms with Gasteiger partial charge in [0, 0.05) is 11.3 Å². The van der Waals surface area contributed by atoms with Crippen LogP contribution in [0.15, 0.2) is 65.8 Å². The second-order valence-corrected chi connectivity index (χ2v) is 7.14. The minimum absolute atomic E-state index is 0.215. The number of hydrogen-bond donors (Lipinski definition) is 0. The summed E-state index contributed by atoms with van der Waals surface area (Å²) in [5.41, 5.74) is 5.23. The lowest BCUT2D eigenvalue weighted by atomic mass is 10.1. The van der Waals surface area contributed by atoms with Gasteiger partial charge < -0.3 is 0 Å². The Balaban J connectivity index is 1.80. The third kappa shape index (κ3) is 4.68. The van der Waals surface area contributed by atoms with Gasteiger partial charge in [0.25, 0.3) is 0 Å². The van der Waals surface area contributed by atoms with Crippen LogP contribution in [0.2, 0.25) is 0 Å². The number of hydrogen-bond acceptors (Lipinski definition) is 4. The van der Waals surface area contributed by atoms with Crippen LogP contribution in [0.3, 0.4) is 0 Å². The molecule has 0 fully saturated rings. The largest absolute Gasteiger partial charge is 0.228 e. The van der Waals surface area contributed by atoms with Crippen LogP contribution in [0, 0.1) is 25.2 Å². The van der Waals surface area contributed by atoms with Crippen LogP contribution in [0.1, 0.15) is 16.8 Å². The van der Waals surface area contributed by atoms with Crippen LogP contribution in [0.5, 0.6) is 0 Å². The van der Waals surface area contributed by atoms with Gasteiger partial charge in [0.05, 0.1) is 11.8 Å². The normalized spacial score (nSPS) is 11.7. The fourth-order valence-corrected chi connectivity index (χ4v) is 3.46. The molecule has 0 saturated carbocycles. The molecule has 0 spiro atoms. The van der Waals surface area contributed by atoms with E-state index in [1.165, 1.54) is 17.3 Å². The van der Waals surface area contributed by atoms with Crippen molar-refractivity contribution < 1.29 is 0 Å². The highest BCUT2D eigenvalue weighted by atomic mass is 32.2. The predicted molar refractivity (Wildman–Crippen MR) is 102 cm³/mol. The number of thioether (sulfide) groups is 1. The third-order valence-electron chi connectivity index (χ3n) is 3.84. The Morgan fingerprint density at radius 2 is 1.72 bits per heavy atom. The second kappa shape index (κ2) is 7.96. The first kappa shape index (κ1) is 17.2. The number of nitriles is 1. The van der Waals surface area contributed by atoms with Gasteiger partial charge in [0.1, 0.15) is 5.25 Å². The Morgan fingerprint density at radius 3 is 2.40 bits per heavy atom. The number of aromatic nitrogens is 2.